The SMILES string of the molecule is COCCCNC(=O)[C@]1(C)CCC(=O)N1c1ccc(F)cc1. The van der Waals surface area contributed by atoms with Gasteiger partial charge in [-0.2, -0.15) is 0 Å². The Kier molecular flexibility index (Phi) is 5.13. The van der Waals surface area contributed by atoms with Gasteiger partial charge < -0.3 is 10.1 Å². The normalized spacial score (nSPS) is 21.2. The van der Waals surface area contributed by atoms with Crippen molar-refractivity contribution in [3.05, 3.63) is 30.1 Å². The van der Waals surface area contributed by atoms with Crippen molar-refractivity contribution >= 4 is 17.5 Å². The molecule has 1 saturated heterocycles. The number of hydrogen-bond acceptors (Lipinski definition) is 3. The van der Waals surface area contributed by atoms with E-state index in [-0.39, 0.29) is 17.6 Å². The first-order valence-corrected chi connectivity index (χ1v) is 7.35. The van der Waals surface area contributed by atoms with Crippen LogP contribution in [0.3, 0.4) is 0 Å². The lowest BCUT2D eigenvalue weighted by molar-refractivity contribution is -0.127. The minimum atomic E-state index is -0.942. The van der Waals surface area contributed by atoms with Crippen molar-refractivity contribution in [1.29, 1.82) is 0 Å². The van der Waals surface area contributed by atoms with Crippen LogP contribution in [0.25, 0.3) is 0 Å². The average Bonchev–Trinajstić information content (AvgIpc) is 2.81. The molecule has 120 valence electrons. The number of methoxy groups -OCH3 is 1. The average molecular weight is 308 g/mol. The Balaban J connectivity index is 2.14. The Hall–Kier alpha value is -1.95. The molecule has 0 bridgehead atoms. The second-order valence-corrected chi connectivity index (χ2v) is 5.58. The Morgan fingerprint density at radius 2 is 2.09 bits per heavy atom. The Bertz CT molecular complexity index is 547. The number of rotatable bonds is 6. The third kappa shape index (κ3) is 3.27. The smallest absolute Gasteiger partial charge is 0.246 e. The Morgan fingerprint density at radius 1 is 1.41 bits per heavy atom. The molecule has 1 aromatic carbocycles. The molecule has 1 N–H and O–H groups in total. The van der Waals surface area contributed by atoms with Crippen molar-refractivity contribution in [3.8, 4) is 0 Å². The lowest BCUT2D eigenvalue weighted by atomic mass is 9.97. The molecule has 1 aliphatic heterocycles. The molecule has 0 saturated carbocycles. The number of halogens is 1. The second kappa shape index (κ2) is 6.87. The highest BCUT2D eigenvalue weighted by Crippen LogP contribution is 2.35. The maximum absolute atomic E-state index is 13.1. The Morgan fingerprint density at radius 3 is 2.73 bits per heavy atom. The molecule has 1 aromatic rings. The van der Waals surface area contributed by atoms with Gasteiger partial charge in [0, 0.05) is 32.4 Å². The summed E-state index contributed by atoms with van der Waals surface area (Å²) < 4.78 is 18.0. The zero-order chi connectivity index (χ0) is 16.2. The predicted octanol–water partition coefficient (Wildman–Crippen LogP) is 1.86. The molecule has 0 aliphatic carbocycles. The van der Waals surface area contributed by atoms with E-state index >= 15 is 0 Å². The van der Waals surface area contributed by atoms with Gasteiger partial charge in [-0.3, -0.25) is 14.5 Å². The molecular weight excluding hydrogens is 287 g/mol. The monoisotopic (exact) mass is 308 g/mol. The molecular formula is C16H21FN2O3. The second-order valence-electron chi connectivity index (χ2n) is 5.58. The van der Waals surface area contributed by atoms with E-state index in [2.05, 4.69) is 5.32 Å². The van der Waals surface area contributed by atoms with Crippen LogP contribution in [0.4, 0.5) is 10.1 Å². The number of anilines is 1. The van der Waals surface area contributed by atoms with E-state index in [1.807, 2.05) is 0 Å². The van der Waals surface area contributed by atoms with Crippen molar-refractivity contribution in [2.45, 2.75) is 31.7 Å². The first-order chi connectivity index (χ1) is 10.5. The molecule has 1 fully saturated rings. The fraction of sp³-hybridized carbons (Fsp3) is 0.500. The highest BCUT2D eigenvalue weighted by molar-refractivity contribution is 6.06. The van der Waals surface area contributed by atoms with Gasteiger partial charge in [0.05, 0.1) is 0 Å². The molecule has 0 unspecified atom stereocenters. The minimum Gasteiger partial charge on any atom is -0.385 e. The standard InChI is InChI=1S/C16H21FN2O3/c1-16(15(21)18-10-3-11-22-2)9-8-14(20)19(16)13-6-4-12(17)5-7-13/h4-7H,3,8-11H2,1-2H3,(H,18,21)/t16-/m0/s1. The summed E-state index contributed by atoms with van der Waals surface area (Å²) in [6, 6.07) is 5.62. The molecule has 22 heavy (non-hydrogen) atoms. The molecule has 1 heterocycles. The molecule has 0 aromatic heterocycles. The molecule has 2 amide bonds. The van der Waals surface area contributed by atoms with Crippen molar-refractivity contribution in [2.75, 3.05) is 25.2 Å². The lowest BCUT2D eigenvalue weighted by Crippen LogP contribution is -2.55. The van der Waals surface area contributed by atoms with E-state index in [1.54, 1.807) is 14.0 Å². The maximum Gasteiger partial charge on any atom is 0.246 e. The fourth-order valence-electron chi connectivity index (χ4n) is 2.69. The number of nitrogens with one attached hydrogen (secondary N) is 1. The van der Waals surface area contributed by atoms with Crippen LogP contribution in [0.5, 0.6) is 0 Å². The van der Waals surface area contributed by atoms with Crippen molar-refractivity contribution in [1.82, 2.24) is 5.32 Å². The first kappa shape index (κ1) is 16.4. The topological polar surface area (TPSA) is 58.6 Å². The van der Waals surface area contributed by atoms with Crippen molar-refractivity contribution in [2.24, 2.45) is 0 Å². The van der Waals surface area contributed by atoms with Crippen LogP contribution >= 0.6 is 0 Å². The zero-order valence-electron chi connectivity index (χ0n) is 12.9. The summed E-state index contributed by atoms with van der Waals surface area (Å²) in [5, 5.41) is 2.84. The van der Waals surface area contributed by atoms with Gasteiger partial charge in [-0.05, 0) is 44.0 Å². The predicted molar refractivity (Wildman–Crippen MR) is 81.0 cm³/mol. The van der Waals surface area contributed by atoms with Crippen molar-refractivity contribution in [3.63, 3.8) is 0 Å². The highest BCUT2D eigenvalue weighted by atomic mass is 19.1. The lowest BCUT2D eigenvalue weighted by Gasteiger charge is -2.34. The van der Waals surface area contributed by atoms with Gasteiger partial charge in [-0.25, -0.2) is 4.39 Å². The summed E-state index contributed by atoms with van der Waals surface area (Å²) in [6.07, 6.45) is 1.46. The van der Waals surface area contributed by atoms with Crippen LogP contribution < -0.4 is 10.2 Å². The van der Waals surface area contributed by atoms with Gasteiger partial charge in [0.15, 0.2) is 0 Å². The van der Waals surface area contributed by atoms with E-state index in [1.165, 1.54) is 29.2 Å². The number of amides is 2. The van der Waals surface area contributed by atoms with E-state index in [9.17, 15) is 14.0 Å². The molecule has 5 nitrogen and oxygen atoms in total. The molecule has 0 radical (unpaired) electrons. The number of hydrogen-bond donors (Lipinski definition) is 1. The van der Waals surface area contributed by atoms with Gasteiger partial charge in [-0.15, -0.1) is 0 Å². The number of carbonyl (C=O) groups is 2. The largest absolute Gasteiger partial charge is 0.385 e. The quantitative estimate of drug-likeness (QED) is 0.816. The van der Waals surface area contributed by atoms with Gasteiger partial charge >= 0.3 is 0 Å². The highest BCUT2D eigenvalue weighted by Gasteiger charge is 2.47. The summed E-state index contributed by atoms with van der Waals surface area (Å²) in [6.45, 7) is 2.80. The molecule has 1 atom stereocenters. The number of benzene rings is 1. The van der Waals surface area contributed by atoms with Gasteiger partial charge in [-0.1, -0.05) is 0 Å². The molecule has 1 aliphatic rings. The van der Waals surface area contributed by atoms with E-state index in [4.69, 9.17) is 4.74 Å². The van der Waals surface area contributed by atoms with E-state index < -0.39 is 5.54 Å². The van der Waals surface area contributed by atoms with Crippen LogP contribution in [0.15, 0.2) is 24.3 Å². The third-order valence-corrected chi connectivity index (χ3v) is 3.95. The molecule has 2 rings (SSSR count). The van der Waals surface area contributed by atoms with Crippen LogP contribution in [0.1, 0.15) is 26.2 Å². The van der Waals surface area contributed by atoms with Crippen LogP contribution in [0.2, 0.25) is 0 Å². The van der Waals surface area contributed by atoms with Crippen LogP contribution in [-0.4, -0.2) is 37.6 Å². The summed E-state index contributed by atoms with van der Waals surface area (Å²) in [5.41, 5.74) is -0.402. The summed E-state index contributed by atoms with van der Waals surface area (Å²) >= 11 is 0. The van der Waals surface area contributed by atoms with Crippen molar-refractivity contribution < 1.29 is 18.7 Å². The number of nitrogens with zero attached hydrogens (tertiary/aromatic N) is 1. The maximum atomic E-state index is 13.1. The van der Waals surface area contributed by atoms with E-state index in [0.717, 1.165) is 0 Å². The third-order valence-electron chi connectivity index (χ3n) is 3.95. The number of carbonyl (C=O) groups excluding carboxylic acids is 2. The summed E-state index contributed by atoms with van der Waals surface area (Å²) in [7, 11) is 1.61. The fourth-order valence-corrected chi connectivity index (χ4v) is 2.69. The minimum absolute atomic E-state index is 0.124. The number of ether oxygens (including phenoxy) is 1. The first-order valence-electron chi connectivity index (χ1n) is 7.35. The van der Waals surface area contributed by atoms with Gasteiger partial charge in [0.25, 0.3) is 0 Å². The Labute approximate surface area is 129 Å². The zero-order valence-corrected chi connectivity index (χ0v) is 12.9. The summed E-state index contributed by atoms with van der Waals surface area (Å²) in [5.74, 6) is -0.693. The van der Waals surface area contributed by atoms with Gasteiger partial charge in [0.2, 0.25) is 11.8 Å². The molecule has 6 heteroatoms. The summed E-state index contributed by atoms with van der Waals surface area (Å²) in [4.78, 5) is 26.2. The van der Waals surface area contributed by atoms with Crippen LogP contribution in [-0.2, 0) is 14.3 Å². The van der Waals surface area contributed by atoms with Gasteiger partial charge in [0.1, 0.15) is 11.4 Å². The van der Waals surface area contributed by atoms with E-state index in [0.29, 0.717) is 38.1 Å². The molecule has 0 spiro atoms. The van der Waals surface area contributed by atoms with Crippen LogP contribution in [0, 0.1) is 5.82 Å².